The van der Waals surface area contributed by atoms with Gasteiger partial charge in [-0.2, -0.15) is 0 Å². The van der Waals surface area contributed by atoms with Crippen LogP contribution in [0, 0.1) is 13.8 Å². The van der Waals surface area contributed by atoms with Crippen molar-refractivity contribution < 1.29 is 14.3 Å². The summed E-state index contributed by atoms with van der Waals surface area (Å²) < 4.78 is 11.4. The Morgan fingerprint density at radius 3 is 2.52 bits per heavy atom. The van der Waals surface area contributed by atoms with Crippen molar-refractivity contribution in [2.24, 2.45) is 0 Å². The molecular formula is C21H27NO3. The quantitative estimate of drug-likeness (QED) is 0.742. The first-order valence-electron chi connectivity index (χ1n) is 8.73. The van der Waals surface area contributed by atoms with E-state index < -0.39 is 6.10 Å². The van der Waals surface area contributed by atoms with E-state index in [-0.39, 0.29) is 5.91 Å². The van der Waals surface area contributed by atoms with Crippen LogP contribution in [-0.2, 0) is 11.2 Å². The van der Waals surface area contributed by atoms with Crippen LogP contribution >= 0.6 is 0 Å². The van der Waals surface area contributed by atoms with Gasteiger partial charge in [0.05, 0.1) is 6.54 Å². The molecule has 0 fully saturated rings. The Morgan fingerprint density at radius 2 is 1.84 bits per heavy atom. The maximum Gasteiger partial charge on any atom is 0.260 e. The van der Waals surface area contributed by atoms with Crippen LogP contribution < -0.4 is 14.8 Å². The minimum Gasteiger partial charge on any atom is -0.492 e. The van der Waals surface area contributed by atoms with Crippen LogP contribution in [0.3, 0.4) is 0 Å². The Kier molecular flexibility index (Phi) is 6.87. The third-order valence-corrected chi connectivity index (χ3v) is 4.23. The van der Waals surface area contributed by atoms with Gasteiger partial charge in [-0.1, -0.05) is 31.2 Å². The minimum absolute atomic E-state index is 0.147. The van der Waals surface area contributed by atoms with E-state index in [0.29, 0.717) is 13.2 Å². The molecule has 0 unspecified atom stereocenters. The second-order valence-corrected chi connectivity index (χ2v) is 6.10. The molecular weight excluding hydrogens is 314 g/mol. The number of aryl methyl sites for hydroxylation is 2. The Hall–Kier alpha value is -2.49. The number of nitrogens with one attached hydrogen (secondary N) is 1. The molecule has 0 aliphatic carbocycles. The van der Waals surface area contributed by atoms with Crippen molar-refractivity contribution in [3.05, 3.63) is 59.2 Å². The zero-order chi connectivity index (χ0) is 18.2. The topological polar surface area (TPSA) is 47.6 Å². The summed E-state index contributed by atoms with van der Waals surface area (Å²) in [5.74, 6) is 1.41. The largest absolute Gasteiger partial charge is 0.492 e. The molecule has 0 aliphatic rings. The summed E-state index contributed by atoms with van der Waals surface area (Å²) in [5.41, 5.74) is 3.48. The van der Waals surface area contributed by atoms with Gasteiger partial charge in [0.1, 0.15) is 18.1 Å². The number of carbonyl (C=O) groups excluding carboxylic acids is 1. The molecule has 0 radical (unpaired) electrons. The molecule has 0 aromatic heterocycles. The highest BCUT2D eigenvalue weighted by Gasteiger charge is 2.15. The lowest BCUT2D eigenvalue weighted by molar-refractivity contribution is -0.127. The number of benzene rings is 2. The van der Waals surface area contributed by atoms with Crippen LogP contribution in [0.1, 0.15) is 30.5 Å². The Bertz CT molecular complexity index is 695. The normalized spacial score (nSPS) is 11.7. The first kappa shape index (κ1) is 18.8. The lowest BCUT2D eigenvalue weighted by atomic mass is 10.1. The summed E-state index contributed by atoms with van der Waals surface area (Å²) in [5, 5.41) is 2.84. The molecule has 1 atom stereocenters. The predicted molar refractivity (Wildman–Crippen MR) is 100 cm³/mol. The third-order valence-electron chi connectivity index (χ3n) is 4.23. The highest BCUT2D eigenvalue weighted by molar-refractivity contribution is 5.80. The van der Waals surface area contributed by atoms with Gasteiger partial charge in [0, 0.05) is 0 Å². The number of hydrogen-bond acceptors (Lipinski definition) is 3. The lowest BCUT2D eigenvalue weighted by Gasteiger charge is -2.17. The van der Waals surface area contributed by atoms with Gasteiger partial charge in [-0.25, -0.2) is 0 Å². The van der Waals surface area contributed by atoms with Gasteiger partial charge in [-0.15, -0.1) is 0 Å². The molecule has 0 saturated carbocycles. The summed E-state index contributed by atoms with van der Waals surface area (Å²) >= 11 is 0. The van der Waals surface area contributed by atoms with Gasteiger partial charge in [0.25, 0.3) is 5.91 Å². The average molecular weight is 341 g/mol. The summed E-state index contributed by atoms with van der Waals surface area (Å²) in [6.07, 6.45) is 0.457. The van der Waals surface area contributed by atoms with Crippen molar-refractivity contribution in [1.82, 2.24) is 5.32 Å². The molecule has 0 spiro atoms. The van der Waals surface area contributed by atoms with Crippen molar-refractivity contribution in [3.63, 3.8) is 0 Å². The van der Waals surface area contributed by atoms with Gasteiger partial charge >= 0.3 is 0 Å². The SMILES string of the molecule is CCc1ccc(OCCNC(=O)[C@H](C)Oc2cccc(C)c2C)cc1. The molecule has 1 amide bonds. The smallest absolute Gasteiger partial charge is 0.260 e. The van der Waals surface area contributed by atoms with E-state index >= 15 is 0 Å². The van der Waals surface area contributed by atoms with Gasteiger partial charge in [0.2, 0.25) is 0 Å². The molecule has 4 nitrogen and oxygen atoms in total. The van der Waals surface area contributed by atoms with Crippen molar-refractivity contribution in [1.29, 1.82) is 0 Å². The standard InChI is InChI=1S/C21H27NO3/c1-5-18-9-11-19(12-10-18)24-14-13-22-21(23)17(4)25-20-8-6-7-15(2)16(20)3/h6-12,17H,5,13-14H2,1-4H3,(H,22,23)/t17-/m0/s1. The fraction of sp³-hybridized carbons (Fsp3) is 0.381. The van der Waals surface area contributed by atoms with Crippen molar-refractivity contribution in [3.8, 4) is 11.5 Å². The van der Waals surface area contributed by atoms with Gasteiger partial charge in [-0.05, 0) is 62.1 Å². The maximum atomic E-state index is 12.1. The van der Waals surface area contributed by atoms with Crippen LogP contribution in [-0.4, -0.2) is 25.2 Å². The minimum atomic E-state index is -0.552. The molecule has 2 aromatic carbocycles. The van der Waals surface area contributed by atoms with Crippen molar-refractivity contribution in [2.75, 3.05) is 13.2 Å². The molecule has 4 heteroatoms. The molecule has 0 aliphatic heterocycles. The molecule has 134 valence electrons. The average Bonchev–Trinajstić information content (AvgIpc) is 2.62. The predicted octanol–water partition coefficient (Wildman–Crippen LogP) is 3.83. The summed E-state index contributed by atoms with van der Waals surface area (Å²) in [7, 11) is 0. The zero-order valence-electron chi connectivity index (χ0n) is 15.5. The number of ether oxygens (including phenoxy) is 2. The molecule has 2 rings (SSSR count). The first-order valence-corrected chi connectivity index (χ1v) is 8.73. The molecule has 0 bridgehead atoms. The van der Waals surface area contributed by atoms with Gasteiger partial charge in [-0.3, -0.25) is 4.79 Å². The summed E-state index contributed by atoms with van der Waals surface area (Å²) in [4.78, 5) is 12.1. The highest BCUT2D eigenvalue weighted by Crippen LogP contribution is 2.21. The van der Waals surface area contributed by atoms with E-state index in [4.69, 9.17) is 9.47 Å². The molecule has 0 heterocycles. The van der Waals surface area contributed by atoms with E-state index in [0.717, 1.165) is 29.0 Å². The summed E-state index contributed by atoms with van der Waals surface area (Å²) in [6.45, 7) is 8.75. The second-order valence-electron chi connectivity index (χ2n) is 6.10. The monoisotopic (exact) mass is 341 g/mol. The van der Waals surface area contributed by atoms with Gasteiger partial charge < -0.3 is 14.8 Å². The van der Waals surface area contributed by atoms with Crippen LogP contribution in [0.25, 0.3) is 0 Å². The lowest BCUT2D eigenvalue weighted by Crippen LogP contribution is -2.38. The van der Waals surface area contributed by atoms with Crippen molar-refractivity contribution >= 4 is 5.91 Å². The Balaban J connectivity index is 1.74. The molecule has 1 N–H and O–H groups in total. The van der Waals surface area contributed by atoms with E-state index in [1.807, 2.05) is 56.3 Å². The van der Waals surface area contributed by atoms with Gasteiger partial charge in [0.15, 0.2) is 6.10 Å². The van der Waals surface area contributed by atoms with E-state index in [1.54, 1.807) is 6.92 Å². The van der Waals surface area contributed by atoms with Crippen LogP contribution in [0.4, 0.5) is 0 Å². The number of carbonyl (C=O) groups is 1. The highest BCUT2D eigenvalue weighted by atomic mass is 16.5. The Morgan fingerprint density at radius 1 is 1.12 bits per heavy atom. The van der Waals surface area contributed by atoms with E-state index in [1.165, 1.54) is 5.56 Å². The molecule has 0 saturated heterocycles. The van der Waals surface area contributed by atoms with E-state index in [2.05, 4.69) is 12.2 Å². The van der Waals surface area contributed by atoms with Crippen LogP contribution in [0.2, 0.25) is 0 Å². The maximum absolute atomic E-state index is 12.1. The van der Waals surface area contributed by atoms with E-state index in [9.17, 15) is 4.79 Å². The van der Waals surface area contributed by atoms with Crippen LogP contribution in [0.5, 0.6) is 11.5 Å². The number of amides is 1. The molecule has 2 aromatic rings. The fourth-order valence-corrected chi connectivity index (χ4v) is 2.40. The van der Waals surface area contributed by atoms with Crippen molar-refractivity contribution in [2.45, 2.75) is 40.2 Å². The fourth-order valence-electron chi connectivity index (χ4n) is 2.40. The summed E-state index contributed by atoms with van der Waals surface area (Å²) in [6, 6.07) is 13.8. The van der Waals surface area contributed by atoms with Crippen LogP contribution in [0.15, 0.2) is 42.5 Å². The Labute approximate surface area is 150 Å². The second kappa shape index (κ2) is 9.11. The molecule has 25 heavy (non-hydrogen) atoms. The number of hydrogen-bond donors (Lipinski definition) is 1. The third kappa shape index (κ3) is 5.52. The number of rotatable bonds is 8. The first-order chi connectivity index (χ1) is 12.0. The zero-order valence-corrected chi connectivity index (χ0v) is 15.5.